The lowest BCUT2D eigenvalue weighted by molar-refractivity contribution is -0.131. The van der Waals surface area contributed by atoms with Crippen molar-refractivity contribution in [2.75, 3.05) is 39.8 Å². The number of piperidine rings is 1. The highest BCUT2D eigenvalue weighted by molar-refractivity contribution is 5.78. The van der Waals surface area contributed by atoms with Gasteiger partial charge in [-0.05, 0) is 32.5 Å². The first-order valence-corrected chi connectivity index (χ1v) is 6.74. The van der Waals surface area contributed by atoms with Gasteiger partial charge in [0.05, 0.1) is 19.0 Å². The lowest BCUT2D eigenvalue weighted by atomic mass is 10.0. The summed E-state index contributed by atoms with van der Waals surface area (Å²) in [6.45, 7) is 6.09. The Morgan fingerprint density at radius 1 is 1.44 bits per heavy atom. The standard InChI is InChI=1S/C13H24N4O/c1-3-17(12-5-8-15-9-6-12)11-13(18)16(2)10-4-7-14/h12,15H,3-6,8-11H2,1-2H3. The molecule has 1 saturated heterocycles. The van der Waals surface area contributed by atoms with Crippen LogP contribution in [0.15, 0.2) is 0 Å². The molecule has 1 aliphatic rings. The van der Waals surface area contributed by atoms with Crippen molar-refractivity contribution < 1.29 is 4.79 Å². The number of likely N-dealkylation sites (N-methyl/N-ethyl adjacent to an activating group) is 2. The SMILES string of the molecule is CCN(CC(=O)N(C)CCC#N)C1CCNCC1. The Kier molecular flexibility index (Phi) is 6.69. The van der Waals surface area contributed by atoms with E-state index >= 15 is 0 Å². The van der Waals surface area contributed by atoms with E-state index in [1.54, 1.807) is 11.9 Å². The van der Waals surface area contributed by atoms with Crippen LogP contribution >= 0.6 is 0 Å². The molecule has 102 valence electrons. The van der Waals surface area contributed by atoms with Crippen LogP contribution in [0.1, 0.15) is 26.2 Å². The van der Waals surface area contributed by atoms with Crippen molar-refractivity contribution in [3.05, 3.63) is 0 Å². The van der Waals surface area contributed by atoms with E-state index in [1.807, 2.05) is 0 Å². The van der Waals surface area contributed by atoms with Crippen LogP contribution in [-0.2, 0) is 4.79 Å². The minimum atomic E-state index is 0.116. The number of carbonyl (C=O) groups is 1. The Bertz CT molecular complexity index is 294. The van der Waals surface area contributed by atoms with Gasteiger partial charge in [0.2, 0.25) is 5.91 Å². The maximum Gasteiger partial charge on any atom is 0.236 e. The second-order valence-corrected chi connectivity index (χ2v) is 4.77. The quantitative estimate of drug-likeness (QED) is 0.745. The van der Waals surface area contributed by atoms with Crippen LogP contribution in [0.4, 0.5) is 0 Å². The predicted molar refractivity (Wildman–Crippen MR) is 71.0 cm³/mol. The summed E-state index contributed by atoms with van der Waals surface area (Å²) in [5.74, 6) is 0.116. The Morgan fingerprint density at radius 2 is 2.11 bits per heavy atom. The van der Waals surface area contributed by atoms with Crippen molar-refractivity contribution >= 4 is 5.91 Å². The summed E-state index contributed by atoms with van der Waals surface area (Å²) in [7, 11) is 1.77. The van der Waals surface area contributed by atoms with Crippen molar-refractivity contribution in [3.8, 4) is 6.07 Å². The lowest BCUT2D eigenvalue weighted by Crippen LogP contribution is -2.47. The van der Waals surface area contributed by atoms with Gasteiger partial charge >= 0.3 is 0 Å². The van der Waals surface area contributed by atoms with Crippen molar-refractivity contribution in [1.29, 1.82) is 5.26 Å². The third-order valence-electron chi connectivity index (χ3n) is 3.55. The highest BCUT2D eigenvalue weighted by Gasteiger charge is 2.22. The summed E-state index contributed by atoms with van der Waals surface area (Å²) in [6.07, 6.45) is 2.63. The van der Waals surface area contributed by atoms with Crippen LogP contribution in [0.5, 0.6) is 0 Å². The largest absolute Gasteiger partial charge is 0.344 e. The third kappa shape index (κ3) is 4.63. The molecule has 0 bridgehead atoms. The summed E-state index contributed by atoms with van der Waals surface area (Å²) in [5, 5.41) is 11.9. The van der Waals surface area contributed by atoms with Crippen LogP contribution in [0.2, 0.25) is 0 Å². The number of hydrogen-bond donors (Lipinski definition) is 1. The molecular weight excluding hydrogens is 228 g/mol. The zero-order valence-electron chi connectivity index (χ0n) is 11.5. The topological polar surface area (TPSA) is 59.4 Å². The summed E-state index contributed by atoms with van der Waals surface area (Å²) < 4.78 is 0. The van der Waals surface area contributed by atoms with E-state index in [-0.39, 0.29) is 5.91 Å². The number of nitrogens with one attached hydrogen (secondary N) is 1. The molecule has 0 unspecified atom stereocenters. The Labute approximate surface area is 110 Å². The summed E-state index contributed by atoms with van der Waals surface area (Å²) >= 11 is 0. The van der Waals surface area contributed by atoms with Crippen LogP contribution in [-0.4, -0.2) is 61.5 Å². The Balaban J connectivity index is 2.41. The van der Waals surface area contributed by atoms with Gasteiger partial charge in [0.15, 0.2) is 0 Å². The van der Waals surface area contributed by atoms with E-state index in [0.29, 0.717) is 25.6 Å². The second kappa shape index (κ2) is 8.06. The summed E-state index contributed by atoms with van der Waals surface area (Å²) in [5.41, 5.74) is 0. The van der Waals surface area contributed by atoms with Gasteiger partial charge < -0.3 is 10.2 Å². The van der Waals surface area contributed by atoms with Gasteiger partial charge in [0.25, 0.3) is 0 Å². The molecule has 0 aromatic carbocycles. The van der Waals surface area contributed by atoms with E-state index in [1.165, 1.54) is 0 Å². The molecular formula is C13H24N4O. The fraction of sp³-hybridized carbons (Fsp3) is 0.846. The normalized spacial score (nSPS) is 16.6. The molecule has 1 amide bonds. The fourth-order valence-electron chi connectivity index (χ4n) is 2.31. The highest BCUT2D eigenvalue weighted by Crippen LogP contribution is 2.11. The first-order chi connectivity index (χ1) is 8.69. The predicted octanol–water partition coefficient (Wildman–Crippen LogP) is 0.432. The van der Waals surface area contributed by atoms with Crippen LogP contribution in [0.25, 0.3) is 0 Å². The van der Waals surface area contributed by atoms with Gasteiger partial charge in [-0.15, -0.1) is 0 Å². The fourth-order valence-corrected chi connectivity index (χ4v) is 2.31. The second-order valence-electron chi connectivity index (χ2n) is 4.77. The zero-order chi connectivity index (χ0) is 13.4. The minimum Gasteiger partial charge on any atom is -0.344 e. The van der Waals surface area contributed by atoms with Crippen molar-refractivity contribution in [3.63, 3.8) is 0 Å². The molecule has 1 N–H and O–H groups in total. The molecule has 0 spiro atoms. The number of nitrogens with zero attached hydrogens (tertiary/aromatic N) is 3. The van der Waals surface area contributed by atoms with E-state index < -0.39 is 0 Å². The van der Waals surface area contributed by atoms with Gasteiger partial charge in [-0.1, -0.05) is 6.92 Å². The molecule has 0 saturated carbocycles. The van der Waals surface area contributed by atoms with Crippen LogP contribution in [0, 0.1) is 11.3 Å². The molecule has 0 aromatic rings. The lowest BCUT2D eigenvalue weighted by Gasteiger charge is -2.34. The number of amides is 1. The van der Waals surface area contributed by atoms with Crippen molar-refractivity contribution in [1.82, 2.24) is 15.1 Å². The minimum absolute atomic E-state index is 0.116. The van der Waals surface area contributed by atoms with E-state index in [2.05, 4.69) is 23.2 Å². The molecule has 0 aromatic heterocycles. The summed E-state index contributed by atoms with van der Waals surface area (Å²) in [4.78, 5) is 15.9. The maximum absolute atomic E-state index is 12.0. The van der Waals surface area contributed by atoms with Crippen LogP contribution in [0.3, 0.4) is 0 Å². The molecule has 0 radical (unpaired) electrons. The van der Waals surface area contributed by atoms with E-state index in [9.17, 15) is 4.79 Å². The molecule has 1 rings (SSSR count). The third-order valence-corrected chi connectivity index (χ3v) is 3.55. The monoisotopic (exact) mass is 252 g/mol. The first-order valence-electron chi connectivity index (χ1n) is 6.74. The molecule has 18 heavy (non-hydrogen) atoms. The Hall–Kier alpha value is -1.12. The molecule has 0 atom stereocenters. The van der Waals surface area contributed by atoms with Crippen LogP contribution < -0.4 is 5.32 Å². The number of nitriles is 1. The zero-order valence-corrected chi connectivity index (χ0v) is 11.5. The number of rotatable bonds is 6. The molecule has 0 aliphatic carbocycles. The Morgan fingerprint density at radius 3 is 2.67 bits per heavy atom. The summed E-state index contributed by atoms with van der Waals surface area (Å²) in [6, 6.07) is 2.59. The molecule has 1 heterocycles. The van der Waals surface area contributed by atoms with Gasteiger partial charge in [-0.2, -0.15) is 5.26 Å². The van der Waals surface area contributed by atoms with Gasteiger partial charge in [0.1, 0.15) is 0 Å². The smallest absolute Gasteiger partial charge is 0.236 e. The van der Waals surface area contributed by atoms with E-state index in [0.717, 1.165) is 32.5 Å². The molecule has 1 fully saturated rings. The first kappa shape index (κ1) is 14.9. The van der Waals surface area contributed by atoms with Gasteiger partial charge in [0, 0.05) is 19.6 Å². The molecule has 1 aliphatic heterocycles. The van der Waals surface area contributed by atoms with Crippen molar-refractivity contribution in [2.45, 2.75) is 32.2 Å². The van der Waals surface area contributed by atoms with Gasteiger partial charge in [-0.25, -0.2) is 0 Å². The van der Waals surface area contributed by atoms with E-state index in [4.69, 9.17) is 5.26 Å². The highest BCUT2D eigenvalue weighted by atomic mass is 16.2. The molecule has 5 nitrogen and oxygen atoms in total. The average molecular weight is 252 g/mol. The average Bonchev–Trinajstić information content (AvgIpc) is 2.42. The number of hydrogen-bond acceptors (Lipinski definition) is 4. The maximum atomic E-state index is 12.0. The van der Waals surface area contributed by atoms with Crippen molar-refractivity contribution in [2.24, 2.45) is 0 Å². The van der Waals surface area contributed by atoms with Gasteiger partial charge in [-0.3, -0.25) is 9.69 Å². The number of carbonyl (C=O) groups excluding carboxylic acids is 1. The molecule has 5 heteroatoms.